The monoisotopic (exact) mass is 569 g/mol. The molecule has 0 unspecified atom stereocenters. The lowest BCUT2D eigenvalue weighted by Crippen LogP contribution is -2.12. The molecule has 4 aromatic rings. The summed E-state index contributed by atoms with van der Waals surface area (Å²) in [6.45, 7) is 2.53. The minimum atomic E-state index is -0.566. The van der Waals surface area contributed by atoms with Crippen LogP contribution < -0.4 is 5.32 Å². The van der Waals surface area contributed by atoms with Gasteiger partial charge in [0.2, 0.25) is 0 Å². The number of anilines is 1. The van der Waals surface area contributed by atoms with E-state index in [-0.39, 0.29) is 6.61 Å². The third kappa shape index (κ3) is 4.63. The molecule has 1 aromatic carbocycles. The van der Waals surface area contributed by atoms with Crippen molar-refractivity contribution in [2.24, 2.45) is 0 Å². The molecule has 30 heavy (non-hydrogen) atoms. The molecule has 0 radical (unpaired) electrons. The minimum absolute atomic E-state index is 0.277. The van der Waals surface area contributed by atoms with Gasteiger partial charge in [0.05, 0.1) is 25.5 Å². The Labute approximate surface area is 196 Å². The summed E-state index contributed by atoms with van der Waals surface area (Å²) in [5.41, 5.74) is 2.60. The molecule has 3 heterocycles. The van der Waals surface area contributed by atoms with Gasteiger partial charge in [-0.2, -0.15) is 4.98 Å². The van der Waals surface area contributed by atoms with Crippen LogP contribution in [0.2, 0.25) is 0 Å². The predicted octanol–water partition coefficient (Wildman–Crippen LogP) is 4.78. The number of carbonyl (C=O) groups excluding carboxylic acids is 1. The number of nitrogens with zero attached hydrogens (tertiary/aromatic N) is 6. The van der Waals surface area contributed by atoms with E-state index in [1.165, 1.54) is 11.3 Å². The van der Waals surface area contributed by atoms with Gasteiger partial charge >= 0.3 is 6.09 Å². The molecule has 0 atom stereocenters. The molecular formula is C17H13Br2N7O2S2. The summed E-state index contributed by atoms with van der Waals surface area (Å²) in [6, 6.07) is 3.95. The zero-order valence-electron chi connectivity index (χ0n) is 15.3. The van der Waals surface area contributed by atoms with Crippen LogP contribution in [0.3, 0.4) is 0 Å². The van der Waals surface area contributed by atoms with Gasteiger partial charge in [-0.1, -0.05) is 16.6 Å². The summed E-state index contributed by atoms with van der Waals surface area (Å²) in [5.74, 6) is 0. The molecule has 0 aliphatic rings. The van der Waals surface area contributed by atoms with E-state index < -0.39 is 6.09 Å². The lowest BCUT2D eigenvalue weighted by molar-refractivity contribution is 0.168. The van der Waals surface area contributed by atoms with Crippen molar-refractivity contribution in [3.8, 4) is 11.4 Å². The first-order valence-electron chi connectivity index (χ1n) is 8.57. The van der Waals surface area contributed by atoms with Gasteiger partial charge in [0, 0.05) is 13.8 Å². The number of hydrogen-bond acceptors (Lipinski definition) is 9. The summed E-state index contributed by atoms with van der Waals surface area (Å²) in [7, 11) is 0. The van der Waals surface area contributed by atoms with E-state index in [0.717, 1.165) is 19.4 Å². The van der Waals surface area contributed by atoms with Crippen molar-refractivity contribution >= 4 is 77.5 Å². The number of halogens is 2. The molecule has 0 fully saturated rings. The Bertz CT molecular complexity index is 1220. The molecular weight excluding hydrogens is 558 g/mol. The number of thiol groups is 1. The first kappa shape index (κ1) is 21.2. The van der Waals surface area contributed by atoms with E-state index in [1.807, 2.05) is 12.1 Å². The highest BCUT2D eigenvalue weighted by atomic mass is 79.9. The van der Waals surface area contributed by atoms with Crippen LogP contribution in [0, 0.1) is 0 Å². The van der Waals surface area contributed by atoms with Crippen LogP contribution in [0.15, 0.2) is 38.4 Å². The third-order valence-corrected chi connectivity index (χ3v) is 7.35. The predicted molar refractivity (Wildman–Crippen MR) is 123 cm³/mol. The molecule has 0 aliphatic carbocycles. The molecule has 9 nitrogen and oxygen atoms in total. The van der Waals surface area contributed by atoms with E-state index in [0.29, 0.717) is 33.5 Å². The van der Waals surface area contributed by atoms with E-state index >= 15 is 0 Å². The summed E-state index contributed by atoms with van der Waals surface area (Å²) in [6.07, 6.45) is 2.80. The fraction of sp³-hybridized carbons (Fsp3) is 0.176. The quantitative estimate of drug-likeness (QED) is 0.333. The van der Waals surface area contributed by atoms with Gasteiger partial charge in [0.25, 0.3) is 0 Å². The summed E-state index contributed by atoms with van der Waals surface area (Å²) in [4.78, 5) is 26.0. The maximum Gasteiger partial charge on any atom is 0.413 e. The second-order valence-corrected chi connectivity index (χ2v) is 9.07. The summed E-state index contributed by atoms with van der Waals surface area (Å²) in [5, 5.41) is 11.3. The zero-order chi connectivity index (χ0) is 21.3. The first-order chi connectivity index (χ1) is 14.4. The fourth-order valence-corrected chi connectivity index (χ4v) is 4.51. The number of benzene rings is 1. The molecule has 0 spiro atoms. The number of aromatic nitrogens is 6. The largest absolute Gasteiger partial charge is 0.450 e. The van der Waals surface area contributed by atoms with Crippen molar-refractivity contribution in [1.82, 2.24) is 29.9 Å². The Kier molecular flexibility index (Phi) is 6.32. The highest BCUT2D eigenvalue weighted by Gasteiger charge is 2.13. The highest BCUT2D eigenvalue weighted by molar-refractivity contribution is 9.13. The maximum atomic E-state index is 11.6. The first-order valence-corrected chi connectivity index (χ1v) is 11.4. The van der Waals surface area contributed by atoms with Crippen LogP contribution in [-0.4, -0.2) is 42.6 Å². The molecule has 0 aliphatic heterocycles. The highest BCUT2D eigenvalue weighted by Crippen LogP contribution is 2.31. The zero-order valence-corrected chi connectivity index (χ0v) is 20.2. The van der Waals surface area contributed by atoms with Gasteiger partial charge in [0.15, 0.2) is 15.6 Å². The van der Waals surface area contributed by atoms with Gasteiger partial charge < -0.3 is 4.74 Å². The van der Waals surface area contributed by atoms with Crippen LogP contribution in [-0.2, 0) is 11.3 Å². The topological polar surface area (TPSA) is 108 Å². The summed E-state index contributed by atoms with van der Waals surface area (Å²) < 4.78 is 8.38. The van der Waals surface area contributed by atoms with Crippen molar-refractivity contribution in [3.05, 3.63) is 39.0 Å². The Morgan fingerprint density at radius 2 is 2.13 bits per heavy atom. The van der Waals surface area contributed by atoms with Gasteiger partial charge in [0.1, 0.15) is 11.4 Å². The molecule has 1 N–H and O–H groups in total. The maximum absolute atomic E-state index is 11.6. The lowest BCUT2D eigenvalue weighted by atomic mass is 10.2. The van der Waals surface area contributed by atoms with Gasteiger partial charge in [-0.05, 0) is 56.5 Å². The van der Waals surface area contributed by atoms with Crippen LogP contribution in [0.5, 0.6) is 0 Å². The number of ether oxygens (including phenoxy) is 1. The number of fused-ring (bicyclic) bond motifs is 1. The average Bonchev–Trinajstić information content (AvgIpc) is 3.31. The van der Waals surface area contributed by atoms with E-state index in [4.69, 9.17) is 4.74 Å². The minimum Gasteiger partial charge on any atom is -0.450 e. The smallest absolute Gasteiger partial charge is 0.413 e. The van der Waals surface area contributed by atoms with Crippen molar-refractivity contribution in [1.29, 1.82) is 0 Å². The number of rotatable bonds is 5. The number of thiazole rings is 1. The Morgan fingerprint density at radius 1 is 1.30 bits per heavy atom. The number of nitrogens with one attached hydrogen (secondary N) is 1. The molecule has 4 rings (SSSR count). The second kappa shape index (κ2) is 8.96. The standard InChI is InChI=1S/C17H13Br2N7O2S2/c1-2-28-17(27)23-16-22-14-15(30-16)21-10(5-20-14)11-7-26(25-24-11)6-8-3-9(18)13(19)12(29)4-8/h3-5,7,29H,2,6H2,1H3,(H,20,22,23,27). The molecule has 0 saturated heterocycles. The van der Waals surface area contributed by atoms with Crippen LogP contribution in [0.25, 0.3) is 21.9 Å². The fourth-order valence-electron chi connectivity index (χ4n) is 2.55. The van der Waals surface area contributed by atoms with Crippen molar-refractivity contribution in [2.75, 3.05) is 11.9 Å². The normalized spacial score (nSPS) is 11.1. The van der Waals surface area contributed by atoms with Gasteiger partial charge in [-0.15, -0.1) is 17.7 Å². The molecule has 0 saturated carbocycles. The van der Waals surface area contributed by atoms with E-state index in [9.17, 15) is 4.79 Å². The molecule has 3 aromatic heterocycles. The number of amides is 1. The van der Waals surface area contributed by atoms with Crippen molar-refractivity contribution in [2.45, 2.75) is 18.4 Å². The van der Waals surface area contributed by atoms with Crippen LogP contribution >= 0.6 is 55.8 Å². The number of carbonyl (C=O) groups is 1. The molecule has 0 bridgehead atoms. The molecule has 154 valence electrons. The van der Waals surface area contributed by atoms with E-state index in [2.05, 4.69) is 75.1 Å². The summed E-state index contributed by atoms with van der Waals surface area (Å²) >= 11 is 12.6. The van der Waals surface area contributed by atoms with Gasteiger partial charge in [-0.25, -0.2) is 19.4 Å². The SMILES string of the molecule is CCOC(=O)Nc1nc2ncc(-c3cn(Cc4cc(S)c(Br)c(Br)c4)nn3)nc2s1. The van der Waals surface area contributed by atoms with Crippen molar-refractivity contribution < 1.29 is 9.53 Å². The van der Waals surface area contributed by atoms with Crippen molar-refractivity contribution in [3.63, 3.8) is 0 Å². The Balaban J connectivity index is 1.54. The van der Waals surface area contributed by atoms with Crippen LogP contribution in [0.4, 0.5) is 9.93 Å². The van der Waals surface area contributed by atoms with Crippen LogP contribution in [0.1, 0.15) is 12.5 Å². The molecule has 13 heteroatoms. The number of hydrogen-bond donors (Lipinski definition) is 2. The Morgan fingerprint density at radius 3 is 2.90 bits per heavy atom. The second-order valence-electron chi connectivity index (χ2n) is 5.96. The average molecular weight is 571 g/mol. The lowest BCUT2D eigenvalue weighted by Gasteiger charge is -2.06. The molecule has 1 amide bonds. The third-order valence-electron chi connectivity index (χ3n) is 3.82. The van der Waals surface area contributed by atoms with Gasteiger partial charge in [-0.3, -0.25) is 5.32 Å². The Hall–Kier alpha value is -2.09. The van der Waals surface area contributed by atoms with E-state index in [1.54, 1.807) is 24.0 Å².